The Balaban J connectivity index is 1.71. The molecule has 0 amide bonds. The highest BCUT2D eigenvalue weighted by Gasteiger charge is 2.21. The van der Waals surface area contributed by atoms with E-state index in [9.17, 15) is 0 Å². The van der Waals surface area contributed by atoms with Crippen molar-refractivity contribution in [3.05, 3.63) is 52.5 Å². The Bertz CT molecular complexity index is 507. The van der Waals surface area contributed by atoms with Gasteiger partial charge in [0.1, 0.15) is 12.3 Å². The highest BCUT2D eigenvalue weighted by molar-refractivity contribution is 7.07. The number of benzene rings is 1. The maximum atomic E-state index is 5.58. The molecule has 17 heavy (non-hydrogen) atoms. The average Bonchev–Trinajstić information content (AvgIpc) is 3.00. The van der Waals surface area contributed by atoms with Crippen LogP contribution in [0.2, 0.25) is 0 Å². The topological polar surface area (TPSA) is 34.5 Å². The summed E-state index contributed by atoms with van der Waals surface area (Å²) >= 11 is 1.56. The minimum absolute atomic E-state index is 0.217. The van der Waals surface area contributed by atoms with Gasteiger partial charge in [-0.3, -0.25) is 0 Å². The molecule has 1 aromatic carbocycles. The molecule has 1 aliphatic rings. The van der Waals surface area contributed by atoms with Crippen molar-refractivity contribution in [3.8, 4) is 0 Å². The molecule has 0 aliphatic carbocycles. The Morgan fingerprint density at radius 3 is 2.94 bits per heavy atom. The van der Waals surface area contributed by atoms with Gasteiger partial charge in [0.15, 0.2) is 0 Å². The molecule has 86 valence electrons. The largest absolute Gasteiger partial charge is 0.474 e. The molecule has 0 saturated carbocycles. The molecule has 0 radical (unpaired) electrons. The number of thiazole rings is 1. The zero-order chi connectivity index (χ0) is 11.5. The SMILES string of the molecule is c1ccc(CC2COC(c3cscn3)=N2)cc1. The first-order chi connectivity index (χ1) is 8.42. The lowest BCUT2D eigenvalue weighted by atomic mass is 10.1. The summed E-state index contributed by atoms with van der Waals surface area (Å²) in [6.07, 6.45) is 0.925. The monoisotopic (exact) mass is 244 g/mol. The van der Waals surface area contributed by atoms with Crippen molar-refractivity contribution < 1.29 is 4.74 Å². The van der Waals surface area contributed by atoms with Crippen molar-refractivity contribution in [1.82, 2.24) is 4.98 Å². The van der Waals surface area contributed by atoms with Crippen LogP contribution in [0.4, 0.5) is 0 Å². The van der Waals surface area contributed by atoms with Crippen LogP contribution in [-0.2, 0) is 11.2 Å². The van der Waals surface area contributed by atoms with Gasteiger partial charge in [-0.05, 0) is 12.0 Å². The molecule has 4 heteroatoms. The van der Waals surface area contributed by atoms with Gasteiger partial charge in [-0.2, -0.15) is 0 Å². The third-order valence-electron chi connectivity index (χ3n) is 2.68. The number of nitrogens with zero attached hydrogens (tertiary/aromatic N) is 2. The Kier molecular flexibility index (Phi) is 2.88. The molecule has 3 nitrogen and oxygen atoms in total. The first-order valence-electron chi connectivity index (χ1n) is 5.55. The summed E-state index contributed by atoms with van der Waals surface area (Å²) in [5.41, 5.74) is 3.95. The number of aromatic nitrogens is 1. The molecular formula is C13H12N2OS. The molecule has 0 spiro atoms. The average molecular weight is 244 g/mol. The van der Waals surface area contributed by atoms with Gasteiger partial charge in [-0.1, -0.05) is 30.3 Å². The van der Waals surface area contributed by atoms with E-state index in [4.69, 9.17) is 4.74 Å². The second-order valence-corrected chi connectivity index (χ2v) is 4.68. The van der Waals surface area contributed by atoms with Crippen molar-refractivity contribution in [3.63, 3.8) is 0 Å². The summed E-state index contributed by atoms with van der Waals surface area (Å²) < 4.78 is 5.58. The molecule has 1 atom stereocenters. The molecule has 2 aromatic rings. The van der Waals surface area contributed by atoms with Gasteiger partial charge in [0.2, 0.25) is 5.90 Å². The van der Waals surface area contributed by atoms with E-state index < -0.39 is 0 Å². The van der Waals surface area contributed by atoms with Crippen LogP contribution in [0.15, 0.2) is 46.2 Å². The molecule has 2 heterocycles. The molecular weight excluding hydrogens is 232 g/mol. The van der Waals surface area contributed by atoms with E-state index in [1.165, 1.54) is 5.56 Å². The van der Waals surface area contributed by atoms with Crippen molar-refractivity contribution in [2.45, 2.75) is 12.5 Å². The lowest BCUT2D eigenvalue weighted by Crippen LogP contribution is -2.09. The fourth-order valence-electron chi connectivity index (χ4n) is 1.86. The van der Waals surface area contributed by atoms with Crippen LogP contribution < -0.4 is 0 Å². The second-order valence-electron chi connectivity index (χ2n) is 3.96. The summed E-state index contributed by atoms with van der Waals surface area (Å²) in [5, 5.41) is 1.96. The maximum Gasteiger partial charge on any atom is 0.236 e. The van der Waals surface area contributed by atoms with Crippen LogP contribution in [0.25, 0.3) is 0 Å². The second kappa shape index (κ2) is 4.67. The van der Waals surface area contributed by atoms with E-state index in [2.05, 4.69) is 34.2 Å². The fourth-order valence-corrected chi connectivity index (χ4v) is 2.39. The number of rotatable bonds is 3. The van der Waals surface area contributed by atoms with E-state index in [1.807, 2.05) is 11.4 Å². The minimum atomic E-state index is 0.217. The van der Waals surface area contributed by atoms with Crippen LogP contribution in [0.1, 0.15) is 11.3 Å². The molecule has 0 bridgehead atoms. The third-order valence-corrected chi connectivity index (χ3v) is 3.26. The summed E-state index contributed by atoms with van der Waals surface area (Å²) in [6.45, 7) is 0.655. The van der Waals surface area contributed by atoms with E-state index in [1.54, 1.807) is 16.8 Å². The quantitative estimate of drug-likeness (QED) is 0.831. The van der Waals surface area contributed by atoms with Crippen molar-refractivity contribution in [2.75, 3.05) is 6.61 Å². The van der Waals surface area contributed by atoms with Gasteiger partial charge in [0, 0.05) is 5.38 Å². The predicted molar refractivity (Wildman–Crippen MR) is 68.5 cm³/mol. The lowest BCUT2D eigenvalue weighted by molar-refractivity contribution is 0.316. The molecule has 0 N–H and O–H groups in total. The molecule has 1 aliphatic heterocycles. The van der Waals surface area contributed by atoms with Gasteiger partial charge in [0.05, 0.1) is 11.6 Å². The molecule has 0 saturated heterocycles. The standard InChI is InChI=1S/C13H12N2OS/c1-2-4-10(5-3-1)6-11-7-16-13(15-11)12-8-17-9-14-12/h1-5,8-9,11H,6-7H2. The van der Waals surface area contributed by atoms with Crippen LogP contribution >= 0.6 is 11.3 Å². The van der Waals surface area contributed by atoms with Crippen molar-refractivity contribution in [2.24, 2.45) is 4.99 Å². The fraction of sp³-hybridized carbons (Fsp3) is 0.231. The smallest absolute Gasteiger partial charge is 0.236 e. The Morgan fingerprint density at radius 2 is 2.18 bits per heavy atom. The Labute approximate surface area is 104 Å². The Hall–Kier alpha value is -1.68. The number of hydrogen-bond acceptors (Lipinski definition) is 4. The van der Waals surface area contributed by atoms with Crippen molar-refractivity contribution >= 4 is 17.2 Å². The lowest BCUT2D eigenvalue weighted by Gasteiger charge is -2.03. The van der Waals surface area contributed by atoms with Crippen LogP contribution in [0.3, 0.4) is 0 Å². The van der Waals surface area contributed by atoms with E-state index in [0.29, 0.717) is 12.5 Å². The molecule has 0 fully saturated rings. The zero-order valence-electron chi connectivity index (χ0n) is 9.24. The first kappa shape index (κ1) is 10.5. The predicted octanol–water partition coefficient (Wildman–Crippen LogP) is 2.53. The van der Waals surface area contributed by atoms with E-state index >= 15 is 0 Å². The maximum absolute atomic E-state index is 5.58. The number of hydrogen-bond donors (Lipinski definition) is 0. The highest BCUT2D eigenvalue weighted by atomic mass is 32.1. The van der Waals surface area contributed by atoms with E-state index in [-0.39, 0.29) is 6.04 Å². The van der Waals surface area contributed by atoms with Crippen LogP contribution in [-0.4, -0.2) is 23.5 Å². The number of aliphatic imine (C=N–C) groups is 1. The van der Waals surface area contributed by atoms with Crippen LogP contribution in [0, 0.1) is 0 Å². The van der Waals surface area contributed by atoms with Gasteiger partial charge >= 0.3 is 0 Å². The molecule has 1 aromatic heterocycles. The number of ether oxygens (including phenoxy) is 1. The third kappa shape index (κ3) is 2.36. The molecule has 1 unspecified atom stereocenters. The zero-order valence-corrected chi connectivity index (χ0v) is 10.1. The van der Waals surface area contributed by atoms with Crippen molar-refractivity contribution in [1.29, 1.82) is 0 Å². The first-order valence-corrected chi connectivity index (χ1v) is 6.49. The molecule has 3 rings (SSSR count). The van der Waals surface area contributed by atoms with Gasteiger partial charge in [-0.25, -0.2) is 9.98 Å². The van der Waals surface area contributed by atoms with Gasteiger partial charge in [0.25, 0.3) is 0 Å². The van der Waals surface area contributed by atoms with Crippen LogP contribution in [0.5, 0.6) is 0 Å². The van der Waals surface area contributed by atoms with Gasteiger partial charge in [-0.15, -0.1) is 11.3 Å². The summed E-state index contributed by atoms with van der Waals surface area (Å²) in [6, 6.07) is 10.6. The minimum Gasteiger partial charge on any atom is -0.474 e. The van der Waals surface area contributed by atoms with Gasteiger partial charge < -0.3 is 4.74 Å². The Morgan fingerprint density at radius 1 is 1.29 bits per heavy atom. The summed E-state index contributed by atoms with van der Waals surface area (Å²) in [5.74, 6) is 0.687. The van der Waals surface area contributed by atoms with E-state index in [0.717, 1.165) is 12.1 Å². The summed E-state index contributed by atoms with van der Waals surface area (Å²) in [4.78, 5) is 8.77. The highest BCUT2D eigenvalue weighted by Crippen LogP contribution is 2.15. The summed E-state index contributed by atoms with van der Waals surface area (Å²) in [7, 11) is 0. The normalized spacial score (nSPS) is 18.8.